The first kappa shape index (κ1) is 24.5. The van der Waals surface area contributed by atoms with E-state index >= 15 is 0 Å². The number of nitrogens with zero attached hydrogens (tertiary/aromatic N) is 1. The molecule has 0 aliphatic carbocycles. The summed E-state index contributed by atoms with van der Waals surface area (Å²) in [6.45, 7) is 0.766. The van der Waals surface area contributed by atoms with Crippen molar-refractivity contribution in [2.24, 2.45) is 5.92 Å². The molecule has 0 radical (unpaired) electrons. The van der Waals surface area contributed by atoms with Gasteiger partial charge in [-0.2, -0.15) is 0 Å². The molecule has 182 valence electrons. The van der Waals surface area contributed by atoms with Crippen LogP contribution in [0.25, 0.3) is 0 Å². The number of carbonyl (C=O) groups excluding carboxylic acids is 2. The van der Waals surface area contributed by atoms with Gasteiger partial charge >= 0.3 is 0 Å². The summed E-state index contributed by atoms with van der Waals surface area (Å²) < 4.78 is 24.2. The third-order valence-electron chi connectivity index (χ3n) is 6.26. The van der Waals surface area contributed by atoms with E-state index in [9.17, 15) is 14.0 Å². The van der Waals surface area contributed by atoms with Crippen molar-refractivity contribution in [1.29, 1.82) is 0 Å². The lowest BCUT2D eigenvalue weighted by Gasteiger charge is -2.21. The molecule has 3 aromatic carbocycles. The fraction of sp³-hybridized carbons (Fsp3) is 0.259. The number of benzene rings is 3. The van der Waals surface area contributed by atoms with Gasteiger partial charge in [-0.25, -0.2) is 4.39 Å². The van der Waals surface area contributed by atoms with Crippen LogP contribution in [0.1, 0.15) is 27.4 Å². The Morgan fingerprint density at radius 1 is 1.03 bits per heavy atom. The molecular weight excluding hydrogens is 471 g/mol. The van der Waals surface area contributed by atoms with Crippen molar-refractivity contribution < 1.29 is 23.5 Å². The Kier molecular flexibility index (Phi) is 7.56. The van der Waals surface area contributed by atoms with Gasteiger partial charge in [0.1, 0.15) is 17.3 Å². The second-order valence-corrected chi connectivity index (χ2v) is 8.76. The molecule has 0 aromatic heterocycles. The summed E-state index contributed by atoms with van der Waals surface area (Å²) in [5.74, 6) is -0.423. The Bertz CT molecular complexity index is 1220. The highest BCUT2D eigenvalue weighted by Gasteiger charge is 2.42. The van der Waals surface area contributed by atoms with Crippen LogP contribution in [0.4, 0.5) is 4.39 Å². The molecule has 0 bridgehead atoms. The number of halogens is 2. The minimum atomic E-state index is -0.539. The maximum atomic E-state index is 13.4. The second-order valence-electron chi connectivity index (χ2n) is 8.36. The van der Waals surface area contributed by atoms with Crippen LogP contribution in [-0.2, 0) is 11.3 Å². The van der Waals surface area contributed by atoms with Crippen LogP contribution in [0.5, 0.6) is 11.5 Å². The SMILES string of the molecule is COc1ccc(OC)c(C2CN(C(=O)c3ccccc3Cl)CC2C(=O)NCc2ccc(F)cc2)c1. The van der Waals surface area contributed by atoms with Gasteiger partial charge < -0.3 is 19.7 Å². The van der Waals surface area contributed by atoms with E-state index in [2.05, 4.69) is 5.32 Å². The van der Waals surface area contributed by atoms with Gasteiger partial charge in [0.15, 0.2) is 0 Å². The van der Waals surface area contributed by atoms with Crippen molar-refractivity contribution in [3.05, 3.63) is 94.3 Å². The molecule has 1 aliphatic heterocycles. The molecular formula is C27H26ClFN2O4. The van der Waals surface area contributed by atoms with Crippen molar-refractivity contribution in [2.45, 2.75) is 12.5 Å². The molecule has 8 heteroatoms. The first-order chi connectivity index (χ1) is 16.9. The number of hydrogen-bond donors (Lipinski definition) is 1. The molecule has 1 heterocycles. The molecule has 1 N–H and O–H groups in total. The number of rotatable bonds is 7. The average Bonchev–Trinajstić information content (AvgIpc) is 3.33. The summed E-state index contributed by atoms with van der Waals surface area (Å²) in [5, 5.41) is 3.30. The zero-order valence-electron chi connectivity index (χ0n) is 19.5. The monoisotopic (exact) mass is 496 g/mol. The van der Waals surface area contributed by atoms with Crippen molar-refractivity contribution >= 4 is 23.4 Å². The van der Waals surface area contributed by atoms with E-state index in [-0.39, 0.29) is 36.6 Å². The first-order valence-corrected chi connectivity index (χ1v) is 11.6. The Hall–Kier alpha value is -3.58. The molecule has 3 aromatic rings. The molecule has 2 unspecified atom stereocenters. The summed E-state index contributed by atoms with van der Waals surface area (Å²) in [5.41, 5.74) is 1.94. The summed E-state index contributed by atoms with van der Waals surface area (Å²) in [6.07, 6.45) is 0. The van der Waals surface area contributed by atoms with Gasteiger partial charge in [0, 0.05) is 31.1 Å². The van der Waals surface area contributed by atoms with E-state index in [0.717, 1.165) is 11.1 Å². The molecule has 1 saturated heterocycles. The van der Waals surface area contributed by atoms with Crippen molar-refractivity contribution in [3.63, 3.8) is 0 Å². The zero-order valence-corrected chi connectivity index (χ0v) is 20.2. The number of likely N-dealkylation sites (tertiary alicyclic amines) is 1. The third-order valence-corrected chi connectivity index (χ3v) is 6.59. The Labute approximate surface area is 208 Å². The van der Waals surface area contributed by atoms with E-state index in [4.69, 9.17) is 21.1 Å². The minimum Gasteiger partial charge on any atom is -0.497 e. The van der Waals surface area contributed by atoms with E-state index in [1.807, 2.05) is 6.07 Å². The fourth-order valence-corrected chi connectivity index (χ4v) is 4.62. The summed E-state index contributed by atoms with van der Waals surface area (Å²) in [4.78, 5) is 28.3. The number of methoxy groups -OCH3 is 2. The van der Waals surface area contributed by atoms with Crippen molar-refractivity contribution in [2.75, 3.05) is 27.3 Å². The van der Waals surface area contributed by atoms with Crippen LogP contribution in [0, 0.1) is 11.7 Å². The molecule has 1 fully saturated rings. The summed E-state index contributed by atoms with van der Waals surface area (Å²) in [6, 6.07) is 18.2. The normalized spacial score (nSPS) is 17.2. The van der Waals surface area contributed by atoms with E-state index in [0.29, 0.717) is 28.6 Å². The van der Waals surface area contributed by atoms with Gasteiger partial charge in [0.2, 0.25) is 5.91 Å². The Morgan fingerprint density at radius 2 is 1.77 bits per heavy atom. The number of hydrogen-bond acceptors (Lipinski definition) is 4. The molecule has 0 saturated carbocycles. The highest BCUT2D eigenvalue weighted by molar-refractivity contribution is 6.33. The quantitative estimate of drug-likeness (QED) is 0.516. The maximum Gasteiger partial charge on any atom is 0.255 e. The minimum absolute atomic E-state index is 0.210. The van der Waals surface area contributed by atoms with Gasteiger partial charge in [-0.1, -0.05) is 35.9 Å². The van der Waals surface area contributed by atoms with Crippen molar-refractivity contribution in [3.8, 4) is 11.5 Å². The van der Waals surface area contributed by atoms with Gasteiger partial charge in [0.25, 0.3) is 5.91 Å². The lowest BCUT2D eigenvalue weighted by molar-refractivity contribution is -0.125. The van der Waals surface area contributed by atoms with Gasteiger partial charge in [-0.05, 0) is 48.0 Å². The molecule has 0 spiro atoms. The summed E-state index contributed by atoms with van der Waals surface area (Å²) >= 11 is 6.28. The van der Waals surface area contributed by atoms with Crippen LogP contribution >= 0.6 is 11.6 Å². The summed E-state index contributed by atoms with van der Waals surface area (Å²) in [7, 11) is 3.14. The Balaban J connectivity index is 1.63. The number of nitrogens with one attached hydrogen (secondary N) is 1. The van der Waals surface area contributed by atoms with Crippen LogP contribution < -0.4 is 14.8 Å². The molecule has 2 atom stereocenters. The fourth-order valence-electron chi connectivity index (χ4n) is 4.41. The van der Waals surface area contributed by atoms with E-state index < -0.39 is 5.92 Å². The molecule has 1 aliphatic rings. The third kappa shape index (κ3) is 5.41. The van der Waals surface area contributed by atoms with Crippen LogP contribution in [0.15, 0.2) is 66.7 Å². The largest absolute Gasteiger partial charge is 0.497 e. The van der Waals surface area contributed by atoms with Gasteiger partial charge in [-0.15, -0.1) is 0 Å². The molecule has 4 rings (SSSR count). The maximum absolute atomic E-state index is 13.4. The smallest absolute Gasteiger partial charge is 0.255 e. The van der Waals surface area contributed by atoms with Crippen LogP contribution in [0.2, 0.25) is 5.02 Å². The molecule has 2 amide bonds. The van der Waals surface area contributed by atoms with Crippen molar-refractivity contribution in [1.82, 2.24) is 10.2 Å². The highest BCUT2D eigenvalue weighted by Crippen LogP contribution is 2.40. The molecule has 35 heavy (non-hydrogen) atoms. The van der Waals surface area contributed by atoms with Crippen LogP contribution in [0.3, 0.4) is 0 Å². The second kappa shape index (κ2) is 10.8. The van der Waals surface area contributed by atoms with Gasteiger partial charge in [0.05, 0.1) is 30.7 Å². The number of carbonyl (C=O) groups is 2. The number of ether oxygens (including phenoxy) is 2. The zero-order chi connectivity index (χ0) is 24.9. The van der Waals surface area contributed by atoms with Gasteiger partial charge in [-0.3, -0.25) is 9.59 Å². The predicted octanol–water partition coefficient (Wildman–Crippen LogP) is 4.67. The highest BCUT2D eigenvalue weighted by atomic mass is 35.5. The average molecular weight is 497 g/mol. The topological polar surface area (TPSA) is 67.9 Å². The van der Waals surface area contributed by atoms with E-state index in [1.54, 1.807) is 67.7 Å². The van der Waals surface area contributed by atoms with E-state index in [1.165, 1.54) is 12.1 Å². The lowest BCUT2D eigenvalue weighted by atomic mass is 9.87. The first-order valence-electron chi connectivity index (χ1n) is 11.2. The molecule has 6 nitrogen and oxygen atoms in total. The standard InChI is InChI=1S/C27H26ClFN2O4/c1-34-19-11-12-25(35-2)21(13-19)22-15-31(27(33)20-5-3-4-6-24(20)28)16-23(22)26(32)30-14-17-7-9-18(29)10-8-17/h3-13,22-23H,14-16H2,1-2H3,(H,30,32). The lowest BCUT2D eigenvalue weighted by Crippen LogP contribution is -2.35. The predicted molar refractivity (Wildman–Crippen MR) is 131 cm³/mol. The Morgan fingerprint density at radius 3 is 2.46 bits per heavy atom. The van der Waals surface area contributed by atoms with Crippen LogP contribution in [-0.4, -0.2) is 44.0 Å². The number of amides is 2.